The first kappa shape index (κ1) is 31.5. The summed E-state index contributed by atoms with van der Waals surface area (Å²) in [5.74, 6) is -1.19. The van der Waals surface area contributed by atoms with Gasteiger partial charge in [0.05, 0.1) is 34.2 Å². The van der Waals surface area contributed by atoms with Crippen LogP contribution >= 0.6 is 34.4 Å². The lowest BCUT2D eigenvalue weighted by Crippen LogP contribution is -2.17. The molecular weight excluding hydrogens is 719 g/mol. The molecule has 0 unspecified atom stereocenters. The number of ether oxygens (including phenoxy) is 2. The van der Waals surface area contributed by atoms with Crippen molar-refractivity contribution in [2.24, 2.45) is 8.73 Å². The van der Waals surface area contributed by atoms with Crippen molar-refractivity contribution in [1.29, 1.82) is 10.5 Å². The molecule has 0 aliphatic carbocycles. The Morgan fingerprint density at radius 1 is 0.583 bits per heavy atom. The van der Waals surface area contributed by atoms with Gasteiger partial charge in [-0.25, -0.2) is 0 Å². The molecule has 3 aromatic carbocycles. The number of halogens is 6. The van der Waals surface area contributed by atoms with Crippen LogP contribution in [0.15, 0.2) is 69.4 Å². The molecule has 0 amide bonds. The van der Waals surface area contributed by atoms with Gasteiger partial charge in [0.15, 0.2) is 0 Å². The number of nitrogens with zero attached hydrogens (tertiary/aromatic N) is 6. The van der Waals surface area contributed by atoms with Crippen molar-refractivity contribution in [1.82, 2.24) is 8.75 Å². The number of rotatable bonds is 6. The highest BCUT2D eigenvalue weighted by molar-refractivity contribution is 7.58. The first-order valence-electron chi connectivity index (χ1n) is 13.1. The molecule has 18 heteroatoms. The lowest BCUT2D eigenvalue weighted by Gasteiger charge is -2.11. The number of thiophene rings is 2. The third-order valence-electron chi connectivity index (χ3n) is 6.85. The van der Waals surface area contributed by atoms with Gasteiger partial charge < -0.3 is 9.47 Å². The average molecular weight is 729 g/mol. The first-order chi connectivity index (χ1) is 22.9. The van der Waals surface area contributed by atoms with Crippen LogP contribution in [0, 0.1) is 22.7 Å². The van der Waals surface area contributed by atoms with E-state index >= 15 is 0 Å². The Hall–Kier alpha value is -5.14. The SMILES string of the molecule is N#Cc1cc(-c2ccc(-c3c4c(c(-c5ccc(-c6ccc(OC(F)(F)F)c(C#N)c6)s5)c5nsnc35)N=S=N4)s2)ccc1OC(F)(F)F. The number of hydrogen-bond donors (Lipinski definition) is 0. The Balaban J connectivity index is 1.27. The highest BCUT2D eigenvalue weighted by Crippen LogP contribution is 2.54. The second kappa shape index (κ2) is 11.8. The summed E-state index contributed by atoms with van der Waals surface area (Å²) in [7, 11) is 0. The van der Waals surface area contributed by atoms with E-state index in [2.05, 4.69) is 26.9 Å². The topological polar surface area (TPSA) is 117 Å². The number of alkyl halides is 6. The molecule has 4 heterocycles. The van der Waals surface area contributed by atoms with E-state index in [1.807, 2.05) is 12.1 Å². The summed E-state index contributed by atoms with van der Waals surface area (Å²) < 4.78 is 103. The van der Waals surface area contributed by atoms with Crippen molar-refractivity contribution in [2.75, 3.05) is 0 Å². The Bertz CT molecular complexity index is 2270. The molecule has 0 spiro atoms. The Morgan fingerprint density at radius 2 is 1.00 bits per heavy atom. The zero-order chi connectivity index (χ0) is 33.8. The summed E-state index contributed by atoms with van der Waals surface area (Å²) in [4.78, 5) is 2.81. The monoisotopic (exact) mass is 728 g/mol. The van der Waals surface area contributed by atoms with Gasteiger partial charge >= 0.3 is 12.7 Å². The summed E-state index contributed by atoms with van der Waals surface area (Å²) in [6.45, 7) is 0. The number of aromatic nitrogens is 2. The zero-order valence-electron chi connectivity index (χ0n) is 23.2. The van der Waals surface area contributed by atoms with Gasteiger partial charge in [-0.2, -0.15) is 28.0 Å². The van der Waals surface area contributed by atoms with Crippen molar-refractivity contribution in [3.8, 4) is 65.4 Å². The van der Waals surface area contributed by atoms with E-state index in [1.165, 1.54) is 46.9 Å². The second-order valence-corrected chi connectivity index (χ2v) is 13.0. The van der Waals surface area contributed by atoms with Crippen LogP contribution in [-0.4, -0.2) is 21.5 Å². The standard InChI is InChI=1S/C30H10F6N6O2S4/c31-29(32,33)43-17-3-1-13(9-15(17)11-37)19-5-7-21(45-19)23-25-27(41-47-39-25)24(28-26(23)40-48-42-28)22-8-6-20(46-22)14-2-4-18(16(10-14)12-38)44-30(34,35)36/h1-10H. The highest BCUT2D eigenvalue weighted by atomic mass is 32.1. The molecule has 0 saturated heterocycles. The summed E-state index contributed by atoms with van der Waals surface area (Å²) >= 11 is 4.62. The fraction of sp³-hybridized carbons (Fsp3) is 0.0667. The van der Waals surface area contributed by atoms with Gasteiger partial charge in [-0.05, 0) is 71.8 Å². The molecule has 1 aliphatic heterocycles. The summed E-state index contributed by atoms with van der Waals surface area (Å²) in [6.07, 6.45) is -9.89. The zero-order valence-corrected chi connectivity index (χ0v) is 26.4. The van der Waals surface area contributed by atoms with Gasteiger partial charge in [0, 0.05) is 30.6 Å². The normalized spacial score (nSPS) is 12.4. The van der Waals surface area contributed by atoms with E-state index in [4.69, 9.17) is 0 Å². The number of hydrogen-bond acceptors (Lipinski definition) is 11. The van der Waals surface area contributed by atoms with Gasteiger partial charge in [-0.1, -0.05) is 0 Å². The predicted molar refractivity (Wildman–Crippen MR) is 169 cm³/mol. The fourth-order valence-corrected chi connectivity index (χ4v) is 8.17. The molecule has 0 radical (unpaired) electrons. The minimum atomic E-state index is -4.94. The smallest absolute Gasteiger partial charge is 0.404 e. The van der Waals surface area contributed by atoms with E-state index in [-0.39, 0.29) is 11.1 Å². The fourth-order valence-electron chi connectivity index (χ4n) is 4.95. The molecule has 3 aromatic heterocycles. The molecule has 1 aliphatic rings. The average Bonchev–Trinajstić information content (AvgIpc) is 3.86. The molecule has 0 bridgehead atoms. The van der Waals surface area contributed by atoms with Crippen LogP contribution in [0.5, 0.6) is 11.5 Å². The Kier molecular flexibility index (Phi) is 7.75. The predicted octanol–water partition coefficient (Wildman–Crippen LogP) is 10.7. The molecule has 0 N–H and O–H groups in total. The molecule has 0 fully saturated rings. The van der Waals surface area contributed by atoms with E-state index in [1.54, 1.807) is 24.3 Å². The maximum absolute atomic E-state index is 12.8. The van der Waals surface area contributed by atoms with E-state index < -0.39 is 24.2 Å². The molecule has 8 nitrogen and oxygen atoms in total. The molecular formula is C30H10F6N6O2S4. The highest BCUT2D eigenvalue weighted by Gasteiger charge is 2.33. The number of fused-ring (bicyclic) bond motifs is 2. The van der Waals surface area contributed by atoms with Crippen LogP contribution in [0.1, 0.15) is 11.1 Å². The van der Waals surface area contributed by atoms with Crippen LogP contribution in [0.3, 0.4) is 0 Å². The quantitative estimate of drug-likeness (QED) is 0.157. The number of nitriles is 2. The van der Waals surface area contributed by atoms with Gasteiger partial charge in [-0.3, -0.25) is 0 Å². The van der Waals surface area contributed by atoms with Crippen molar-refractivity contribution >= 4 is 68.2 Å². The lowest BCUT2D eigenvalue weighted by atomic mass is 10.0. The maximum Gasteiger partial charge on any atom is 0.573 e. The van der Waals surface area contributed by atoms with Gasteiger partial charge in [0.1, 0.15) is 46.0 Å². The van der Waals surface area contributed by atoms with Gasteiger partial charge in [0.25, 0.3) is 0 Å². The Labute approximate surface area is 280 Å². The number of benzene rings is 3. The van der Waals surface area contributed by atoms with Gasteiger partial charge in [0.2, 0.25) is 0 Å². The maximum atomic E-state index is 12.8. The third-order valence-corrected chi connectivity index (χ3v) is 10.2. The van der Waals surface area contributed by atoms with Crippen molar-refractivity contribution < 1.29 is 35.8 Å². The minimum Gasteiger partial charge on any atom is -0.404 e. The van der Waals surface area contributed by atoms with Crippen LogP contribution in [0.25, 0.3) is 52.8 Å². The molecule has 238 valence electrons. The second-order valence-electron chi connectivity index (χ2n) is 9.74. The van der Waals surface area contributed by atoms with Crippen molar-refractivity contribution in [3.05, 3.63) is 71.8 Å². The molecule has 7 rings (SSSR count). The van der Waals surface area contributed by atoms with Crippen LogP contribution in [0.4, 0.5) is 37.7 Å². The van der Waals surface area contributed by atoms with E-state index in [0.29, 0.717) is 54.4 Å². The lowest BCUT2D eigenvalue weighted by molar-refractivity contribution is -0.275. The Morgan fingerprint density at radius 3 is 1.40 bits per heavy atom. The third kappa shape index (κ3) is 5.90. The van der Waals surface area contributed by atoms with Crippen LogP contribution in [-0.2, 0) is 11.4 Å². The van der Waals surface area contributed by atoms with E-state index in [0.717, 1.165) is 45.0 Å². The van der Waals surface area contributed by atoms with Crippen LogP contribution in [0.2, 0.25) is 0 Å². The van der Waals surface area contributed by atoms with Gasteiger partial charge in [-0.15, -0.1) is 49.0 Å². The first-order valence-corrected chi connectivity index (χ1v) is 16.2. The van der Waals surface area contributed by atoms with Crippen molar-refractivity contribution in [2.45, 2.75) is 12.7 Å². The largest absolute Gasteiger partial charge is 0.573 e. The van der Waals surface area contributed by atoms with E-state index in [9.17, 15) is 36.9 Å². The molecule has 0 saturated carbocycles. The summed E-state index contributed by atoms with van der Waals surface area (Å²) in [5, 5.41) is 18.9. The van der Waals surface area contributed by atoms with Crippen molar-refractivity contribution in [3.63, 3.8) is 0 Å². The van der Waals surface area contributed by atoms with Crippen LogP contribution < -0.4 is 9.47 Å². The molecule has 48 heavy (non-hydrogen) atoms. The molecule has 6 aromatic rings. The molecule has 0 atom stereocenters. The summed E-state index contributed by atoms with van der Waals surface area (Å²) in [6, 6.07) is 18.4. The summed E-state index contributed by atoms with van der Waals surface area (Å²) in [5.41, 5.74) is 3.99. The minimum absolute atomic E-state index is 0.272.